The van der Waals surface area contributed by atoms with Crippen molar-refractivity contribution in [2.24, 2.45) is 0 Å². The monoisotopic (exact) mass is 197 g/mol. The summed E-state index contributed by atoms with van der Waals surface area (Å²) in [4.78, 5) is 0. The highest BCUT2D eigenvalue weighted by Gasteiger charge is 2.21. The Kier molecular flexibility index (Phi) is 5.20. The molecule has 2 nitrogen and oxygen atoms in total. The molecule has 1 N–H and O–H groups in total. The molecular weight excluding hydrogens is 174 g/mol. The van der Waals surface area contributed by atoms with Crippen molar-refractivity contribution in [1.82, 2.24) is 5.32 Å². The third-order valence-electron chi connectivity index (χ3n) is 2.55. The zero-order valence-corrected chi connectivity index (χ0v) is 9.51. The van der Waals surface area contributed by atoms with Gasteiger partial charge in [-0.05, 0) is 32.6 Å². The van der Waals surface area contributed by atoms with Gasteiger partial charge in [0.25, 0.3) is 0 Å². The normalized spacial score (nSPS) is 18.1. The molecule has 1 saturated carbocycles. The van der Waals surface area contributed by atoms with Gasteiger partial charge in [-0.2, -0.15) is 0 Å². The number of hydrogen-bond donors (Lipinski definition) is 1. The second kappa shape index (κ2) is 6.20. The number of nitrogens with one attached hydrogen (secondary N) is 1. The molecule has 14 heavy (non-hydrogen) atoms. The highest BCUT2D eigenvalue weighted by molar-refractivity contribution is 4.87. The van der Waals surface area contributed by atoms with Gasteiger partial charge in [-0.25, -0.2) is 0 Å². The van der Waals surface area contributed by atoms with Crippen molar-refractivity contribution in [3.8, 4) is 0 Å². The summed E-state index contributed by atoms with van der Waals surface area (Å²) in [7, 11) is 0. The van der Waals surface area contributed by atoms with Crippen LogP contribution in [0.2, 0.25) is 0 Å². The summed E-state index contributed by atoms with van der Waals surface area (Å²) < 4.78 is 5.76. The summed E-state index contributed by atoms with van der Waals surface area (Å²) in [6.45, 7) is 9.93. The van der Waals surface area contributed by atoms with Crippen LogP contribution in [-0.4, -0.2) is 25.3 Å². The molecule has 0 aliphatic heterocycles. The van der Waals surface area contributed by atoms with Crippen LogP contribution in [0.4, 0.5) is 0 Å². The lowest BCUT2D eigenvalue weighted by atomic mass is 10.2. The van der Waals surface area contributed by atoms with E-state index in [1.54, 1.807) is 0 Å². The first kappa shape index (κ1) is 11.7. The maximum atomic E-state index is 5.76. The smallest absolute Gasteiger partial charge is 0.0697 e. The van der Waals surface area contributed by atoms with Gasteiger partial charge in [0.15, 0.2) is 0 Å². The third-order valence-corrected chi connectivity index (χ3v) is 2.55. The minimum atomic E-state index is 0.384. The lowest BCUT2D eigenvalue weighted by Gasteiger charge is -2.16. The van der Waals surface area contributed by atoms with Crippen LogP contribution in [0, 0.1) is 0 Å². The molecule has 0 saturated heterocycles. The molecule has 0 amide bonds. The first-order valence-corrected chi connectivity index (χ1v) is 5.71. The Bertz CT molecular complexity index is 175. The molecule has 1 unspecified atom stereocenters. The average molecular weight is 197 g/mol. The summed E-state index contributed by atoms with van der Waals surface area (Å²) in [6.07, 6.45) is 5.16. The topological polar surface area (TPSA) is 21.3 Å². The van der Waals surface area contributed by atoms with Gasteiger partial charge in [0, 0.05) is 12.6 Å². The summed E-state index contributed by atoms with van der Waals surface area (Å²) >= 11 is 0. The lowest BCUT2D eigenvalue weighted by Crippen LogP contribution is -2.30. The Balaban J connectivity index is 2.01. The van der Waals surface area contributed by atoms with E-state index < -0.39 is 0 Å². The van der Waals surface area contributed by atoms with Crippen LogP contribution < -0.4 is 5.32 Å². The molecule has 0 bridgehead atoms. The summed E-state index contributed by atoms with van der Waals surface area (Å²) in [5.41, 5.74) is 1.20. The van der Waals surface area contributed by atoms with Crippen molar-refractivity contribution in [3.63, 3.8) is 0 Å². The number of hydrogen-bond acceptors (Lipinski definition) is 2. The predicted molar refractivity (Wildman–Crippen MR) is 60.5 cm³/mol. The number of rotatable bonds is 8. The van der Waals surface area contributed by atoms with E-state index in [0.717, 1.165) is 32.0 Å². The minimum Gasteiger partial charge on any atom is -0.377 e. The Hall–Kier alpha value is -0.340. The van der Waals surface area contributed by atoms with E-state index in [0.29, 0.717) is 6.10 Å². The van der Waals surface area contributed by atoms with Gasteiger partial charge in [-0.15, -0.1) is 6.58 Å². The van der Waals surface area contributed by atoms with Crippen LogP contribution in [0.1, 0.15) is 39.5 Å². The van der Waals surface area contributed by atoms with Crippen molar-refractivity contribution in [2.75, 3.05) is 13.2 Å². The van der Waals surface area contributed by atoms with Gasteiger partial charge in [0.1, 0.15) is 0 Å². The Morgan fingerprint density at radius 3 is 2.79 bits per heavy atom. The maximum Gasteiger partial charge on any atom is 0.0697 e. The average Bonchev–Trinajstić information content (AvgIpc) is 2.94. The van der Waals surface area contributed by atoms with E-state index in [9.17, 15) is 0 Å². The third kappa shape index (κ3) is 5.40. The van der Waals surface area contributed by atoms with E-state index in [1.807, 2.05) is 6.92 Å². The maximum absolute atomic E-state index is 5.76. The molecule has 1 atom stereocenters. The van der Waals surface area contributed by atoms with E-state index in [1.165, 1.54) is 18.4 Å². The van der Waals surface area contributed by atoms with E-state index in [-0.39, 0.29) is 0 Å². The molecule has 0 radical (unpaired) electrons. The SMILES string of the molecule is C=C(C)CCOC(CC)CNC1CC1. The fourth-order valence-corrected chi connectivity index (χ4v) is 1.31. The highest BCUT2D eigenvalue weighted by atomic mass is 16.5. The molecule has 1 rings (SSSR count). The van der Waals surface area contributed by atoms with E-state index in [2.05, 4.69) is 18.8 Å². The second-order valence-electron chi connectivity index (χ2n) is 4.29. The molecule has 82 valence electrons. The largest absolute Gasteiger partial charge is 0.377 e. The molecule has 1 aliphatic rings. The molecule has 0 spiro atoms. The molecule has 1 fully saturated rings. The standard InChI is InChI=1S/C12H23NO/c1-4-12(9-13-11-5-6-11)14-8-7-10(2)3/h11-13H,2,4-9H2,1,3H3. The van der Waals surface area contributed by atoms with Gasteiger partial charge >= 0.3 is 0 Å². The highest BCUT2D eigenvalue weighted by Crippen LogP contribution is 2.18. The first-order valence-electron chi connectivity index (χ1n) is 5.71. The fraction of sp³-hybridized carbons (Fsp3) is 0.833. The molecular formula is C12H23NO. The van der Waals surface area contributed by atoms with Crippen LogP contribution in [0.3, 0.4) is 0 Å². The first-order chi connectivity index (χ1) is 6.72. The van der Waals surface area contributed by atoms with Crippen molar-refractivity contribution in [2.45, 2.75) is 51.7 Å². The predicted octanol–water partition coefficient (Wildman–Crippen LogP) is 2.50. The van der Waals surface area contributed by atoms with E-state index >= 15 is 0 Å². The summed E-state index contributed by atoms with van der Waals surface area (Å²) in [5, 5.41) is 3.50. The van der Waals surface area contributed by atoms with Crippen LogP contribution in [0.5, 0.6) is 0 Å². The second-order valence-corrected chi connectivity index (χ2v) is 4.29. The van der Waals surface area contributed by atoms with Crippen molar-refractivity contribution < 1.29 is 4.74 Å². The quantitative estimate of drug-likeness (QED) is 0.604. The van der Waals surface area contributed by atoms with Crippen molar-refractivity contribution in [3.05, 3.63) is 12.2 Å². The van der Waals surface area contributed by atoms with Crippen LogP contribution in [0.25, 0.3) is 0 Å². The van der Waals surface area contributed by atoms with Gasteiger partial charge in [0.2, 0.25) is 0 Å². The van der Waals surface area contributed by atoms with Crippen LogP contribution in [-0.2, 0) is 4.74 Å². The Labute approximate surface area is 87.7 Å². The molecule has 0 aromatic rings. The molecule has 2 heteroatoms. The molecule has 1 aliphatic carbocycles. The van der Waals surface area contributed by atoms with Crippen LogP contribution in [0.15, 0.2) is 12.2 Å². The van der Waals surface area contributed by atoms with Gasteiger partial charge in [-0.1, -0.05) is 12.5 Å². The van der Waals surface area contributed by atoms with Gasteiger partial charge in [0.05, 0.1) is 12.7 Å². The summed E-state index contributed by atoms with van der Waals surface area (Å²) in [5.74, 6) is 0. The van der Waals surface area contributed by atoms with Crippen LogP contribution >= 0.6 is 0 Å². The Morgan fingerprint density at radius 2 is 2.29 bits per heavy atom. The Morgan fingerprint density at radius 1 is 1.57 bits per heavy atom. The van der Waals surface area contributed by atoms with Gasteiger partial charge in [-0.3, -0.25) is 0 Å². The summed E-state index contributed by atoms with van der Waals surface area (Å²) in [6, 6.07) is 0.786. The fourth-order valence-electron chi connectivity index (χ4n) is 1.31. The molecule has 0 aromatic heterocycles. The van der Waals surface area contributed by atoms with Gasteiger partial charge < -0.3 is 10.1 Å². The zero-order valence-electron chi connectivity index (χ0n) is 9.51. The van der Waals surface area contributed by atoms with Crippen molar-refractivity contribution in [1.29, 1.82) is 0 Å². The lowest BCUT2D eigenvalue weighted by molar-refractivity contribution is 0.0527. The molecule has 0 aromatic carbocycles. The van der Waals surface area contributed by atoms with Crippen molar-refractivity contribution >= 4 is 0 Å². The zero-order chi connectivity index (χ0) is 10.4. The number of ether oxygens (including phenoxy) is 1. The van der Waals surface area contributed by atoms with E-state index in [4.69, 9.17) is 4.74 Å². The molecule has 0 heterocycles. The minimum absolute atomic E-state index is 0.384.